The molecule has 1 saturated carbocycles. The number of thiophene rings is 1. The molecule has 1 aromatic rings. The van der Waals surface area contributed by atoms with Gasteiger partial charge in [0.1, 0.15) is 10.9 Å². The maximum Gasteiger partial charge on any atom is 0.306 e. The first-order valence-electron chi connectivity index (χ1n) is 11.3. The molecule has 0 aromatic carbocycles. The maximum atomic E-state index is 11.6. The van der Waals surface area contributed by atoms with Gasteiger partial charge >= 0.3 is 5.97 Å². The Kier molecular flexibility index (Phi) is 10.1. The van der Waals surface area contributed by atoms with Crippen LogP contribution in [0.3, 0.4) is 0 Å². The lowest BCUT2D eigenvalue weighted by Gasteiger charge is -2.28. The van der Waals surface area contributed by atoms with E-state index in [0.29, 0.717) is 30.6 Å². The number of nitriles is 1. The molecule has 1 heterocycles. The Bertz CT molecular complexity index is 853. The lowest BCUT2D eigenvalue weighted by molar-refractivity contribution is -0.147. The van der Waals surface area contributed by atoms with Crippen LogP contribution in [-0.4, -0.2) is 45.2 Å². The van der Waals surface area contributed by atoms with E-state index in [0.717, 1.165) is 23.3 Å². The zero-order valence-corrected chi connectivity index (χ0v) is 20.0. The van der Waals surface area contributed by atoms with E-state index in [2.05, 4.69) is 6.07 Å². The predicted molar refractivity (Wildman–Crippen MR) is 126 cm³/mol. The number of carbonyl (C=O) groups is 1. The summed E-state index contributed by atoms with van der Waals surface area (Å²) in [6.45, 7) is 5.69. The van der Waals surface area contributed by atoms with E-state index in [-0.39, 0.29) is 18.5 Å². The molecule has 0 aliphatic heterocycles. The normalized spacial score (nSPS) is 26.1. The van der Waals surface area contributed by atoms with E-state index in [1.54, 1.807) is 12.1 Å². The Balaban J connectivity index is 2.07. The summed E-state index contributed by atoms with van der Waals surface area (Å²) >= 11 is 1.38. The molecular formula is C25H35NO5S. The minimum Gasteiger partial charge on any atom is -0.463 e. The van der Waals surface area contributed by atoms with Gasteiger partial charge in [-0.05, 0) is 63.3 Å². The minimum atomic E-state index is -1.34. The van der Waals surface area contributed by atoms with Crippen LogP contribution >= 0.6 is 11.3 Å². The van der Waals surface area contributed by atoms with Gasteiger partial charge in [0.2, 0.25) is 0 Å². The molecule has 0 radical (unpaired) electrons. The number of esters is 1. The van der Waals surface area contributed by atoms with Crippen LogP contribution in [0.2, 0.25) is 0 Å². The lowest BCUT2D eigenvalue weighted by Crippen LogP contribution is -2.35. The molecule has 176 valence electrons. The zero-order chi connectivity index (χ0) is 23.7. The molecule has 0 spiro atoms. The van der Waals surface area contributed by atoms with E-state index in [1.807, 2.05) is 39.0 Å². The summed E-state index contributed by atoms with van der Waals surface area (Å²) in [6.07, 6.45) is 7.28. The molecule has 32 heavy (non-hydrogen) atoms. The number of unbranched alkanes of at least 4 members (excludes halogenated alkanes) is 1. The van der Waals surface area contributed by atoms with Crippen LogP contribution in [0.15, 0.2) is 30.4 Å². The second-order valence-electron chi connectivity index (χ2n) is 8.69. The number of ether oxygens (including phenoxy) is 1. The smallest absolute Gasteiger partial charge is 0.306 e. The molecule has 2 rings (SSSR count). The van der Waals surface area contributed by atoms with Crippen LogP contribution in [0.4, 0.5) is 0 Å². The number of hydrogen-bond acceptors (Lipinski definition) is 7. The Labute approximate surface area is 194 Å². The Morgan fingerprint density at radius 2 is 2.09 bits per heavy atom. The average Bonchev–Trinajstić information content (AvgIpc) is 3.28. The Morgan fingerprint density at radius 3 is 2.72 bits per heavy atom. The van der Waals surface area contributed by atoms with Crippen LogP contribution in [0.5, 0.6) is 0 Å². The van der Waals surface area contributed by atoms with Gasteiger partial charge in [0.05, 0.1) is 23.9 Å². The average molecular weight is 462 g/mol. The summed E-state index contributed by atoms with van der Waals surface area (Å²) in [4.78, 5) is 13.1. The third-order valence-electron chi connectivity index (χ3n) is 5.64. The van der Waals surface area contributed by atoms with Gasteiger partial charge < -0.3 is 20.1 Å². The fraction of sp³-hybridized carbons (Fsp3) is 0.600. The maximum absolute atomic E-state index is 11.6. The number of rotatable bonds is 11. The second kappa shape index (κ2) is 12.3. The third-order valence-corrected chi connectivity index (χ3v) is 6.70. The molecule has 6 nitrogen and oxygen atoms in total. The van der Waals surface area contributed by atoms with Gasteiger partial charge in [0.15, 0.2) is 0 Å². The largest absolute Gasteiger partial charge is 0.463 e. The van der Waals surface area contributed by atoms with Crippen LogP contribution in [-0.2, 0) is 9.53 Å². The molecule has 2 unspecified atom stereocenters. The summed E-state index contributed by atoms with van der Waals surface area (Å²) in [5.74, 6) is -0.749. The van der Waals surface area contributed by atoms with Crippen LogP contribution in [0, 0.1) is 17.2 Å². The standard InChI is InChI=1S/C25H35NO5S/c1-4-9-18(22-13-12-19(16-26)32-22)14-25(30)15-21(27)24(29)20(25)10-7-5-6-8-11-23(28)31-17(2)3/h5,7,12-14,17,20-21,24,27,29-30H,4,6,8-11,15H2,1-3H3/b7-5-,18-14+/t20?,21-,24?,25+/m0/s1. The molecule has 0 saturated heterocycles. The molecule has 7 heteroatoms. The van der Waals surface area contributed by atoms with Crippen molar-refractivity contribution >= 4 is 22.9 Å². The topological polar surface area (TPSA) is 111 Å². The molecular weight excluding hydrogens is 426 g/mol. The van der Waals surface area contributed by atoms with Crippen LogP contribution < -0.4 is 0 Å². The Hall–Kier alpha value is -1.98. The highest BCUT2D eigenvalue weighted by Crippen LogP contribution is 2.42. The highest BCUT2D eigenvalue weighted by molar-refractivity contribution is 7.13. The first-order chi connectivity index (χ1) is 15.2. The van der Waals surface area contributed by atoms with Crippen molar-refractivity contribution in [2.75, 3.05) is 0 Å². The van der Waals surface area contributed by atoms with Gasteiger partial charge in [-0.2, -0.15) is 5.26 Å². The summed E-state index contributed by atoms with van der Waals surface area (Å²) < 4.78 is 5.11. The molecule has 0 amide bonds. The van der Waals surface area contributed by atoms with Crippen molar-refractivity contribution in [3.8, 4) is 6.07 Å². The molecule has 0 bridgehead atoms. The van der Waals surface area contributed by atoms with E-state index in [4.69, 9.17) is 10.00 Å². The summed E-state index contributed by atoms with van der Waals surface area (Å²) in [5.41, 5.74) is -0.411. The van der Waals surface area contributed by atoms with E-state index in [9.17, 15) is 20.1 Å². The van der Waals surface area contributed by atoms with Gasteiger partial charge in [0, 0.05) is 23.6 Å². The molecule has 4 atom stereocenters. The molecule has 1 aliphatic rings. The first kappa shape index (κ1) is 26.3. The minimum absolute atomic E-state index is 0.0669. The van der Waals surface area contributed by atoms with Crippen molar-refractivity contribution in [1.82, 2.24) is 0 Å². The SMILES string of the molecule is CCC/C(=C\[C@@]1(O)C[C@H](O)C(O)C1C/C=C\CCCC(=O)OC(C)C)c1ccc(C#N)s1. The summed E-state index contributed by atoms with van der Waals surface area (Å²) in [6, 6.07) is 5.79. The van der Waals surface area contributed by atoms with E-state index in [1.165, 1.54) is 11.3 Å². The number of hydrogen-bond donors (Lipinski definition) is 3. The molecule has 3 N–H and O–H groups in total. The number of aliphatic hydroxyl groups is 3. The van der Waals surface area contributed by atoms with Crippen molar-refractivity contribution < 1.29 is 24.9 Å². The number of allylic oxidation sites excluding steroid dienone is 3. The Morgan fingerprint density at radius 1 is 1.34 bits per heavy atom. The summed E-state index contributed by atoms with van der Waals surface area (Å²) in [7, 11) is 0. The zero-order valence-electron chi connectivity index (χ0n) is 19.2. The highest BCUT2D eigenvalue weighted by Gasteiger charge is 2.50. The molecule has 1 fully saturated rings. The van der Waals surface area contributed by atoms with E-state index < -0.39 is 23.7 Å². The van der Waals surface area contributed by atoms with Crippen molar-refractivity contribution in [2.45, 2.75) is 89.6 Å². The monoisotopic (exact) mass is 461 g/mol. The van der Waals surface area contributed by atoms with Crippen molar-refractivity contribution in [1.29, 1.82) is 5.26 Å². The lowest BCUT2D eigenvalue weighted by atomic mass is 9.84. The van der Waals surface area contributed by atoms with Gasteiger partial charge in [-0.3, -0.25) is 4.79 Å². The van der Waals surface area contributed by atoms with Crippen LogP contribution in [0.1, 0.15) is 75.5 Å². The molecule has 1 aromatic heterocycles. The van der Waals surface area contributed by atoms with Gasteiger partial charge in [-0.25, -0.2) is 0 Å². The van der Waals surface area contributed by atoms with Gasteiger partial charge in [-0.15, -0.1) is 11.3 Å². The second-order valence-corrected chi connectivity index (χ2v) is 9.78. The third kappa shape index (κ3) is 7.28. The first-order valence-corrected chi connectivity index (χ1v) is 12.2. The fourth-order valence-electron chi connectivity index (χ4n) is 4.14. The van der Waals surface area contributed by atoms with Crippen molar-refractivity contribution in [2.24, 2.45) is 5.92 Å². The highest BCUT2D eigenvalue weighted by atomic mass is 32.1. The van der Waals surface area contributed by atoms with Crippen molar-refractivity contribution in [3.05, 3.63) is 40.1 Å². The van der Waals surface area contributed by atoms with E-state index >= 15 is 0 Å². The van der Waals surface area contributed by atoms with Crippen LogP contribution in [0.25, 0.3) is 5.57 Å². The predicted octanol–water partition coefficient (Wildman–Crippen LogP) is 4.34. The fourth-order valence-corrected chi connectivity index (χ4v) is 4.98. The number of carbonyl (C=O) groups excluding carboxylic acids is 1. The summed E-state index contributed by atoms with van der Waals surface area (Å²) in [5, 5.41) is 41.4. The van der Waals surface area contributed by atoms with Gasteiger partial charge in [0.25, 0.3) is 0 Å². The quantitative estimate of drug-likeness (QED) is 0.257. The molecule has 1 aliphatic carbocycles. The van der Waals surface area contributed by atoms with Crippen molar-refractivity contribution in [3.63, 3.8) is 0 Å². The number of nitrogens with zero attached hydrogens (tertiary/aromatic N) is 1. The van der Waals surface area contributed by atoms with Gasteiger partial charge in [-0.1, -0.05) is 25.5 Å². The number of aliphatic hydroxyl groups excluding tert-OH is 2.